The highest BCUT2D eigenvalue weighted by atomic mass is 32.2. The van der Waals surface area contributed by atoms with Crippen molar-refractivity contribution in [3.05, 3.63) is 29.3 Å². The topological polar surface area (TPSA) is 49.4 Å². The summed E-state index contributed by atoms with van der Waals surface area (Å²) in [7, 11) is -1.48. The minimum absolute atomic E-state index is 0.161. The number of sulfonamides is 1. The number of nitrogens with one attached hydrogen (secondary N) is 1. The number of hydrogen-bond donors (Lipinski definition) is 1. The Morgan fingerprint density at radius 1 is 1.40 bits per heavy atom. The first kappa shape index (κ1) is 15.5. The van der Waals surface area contributed by atoms with Crippen molar-refractivity contribution >= 4 is 10.0 Å². The summed E-state index contributed by atoms with van der Waals surface area (Å²) in [5.74, 6) is 0. The van der Waals surface area contributed by atoms with Crippen LogP contribution in [-0.2, 0) is 16.6 Å². The second-order valence-corrected chi connectivity index (χ2v) is 7.33. The molecule has 1 heterocycles. The van der Waals surface area contributed by atoms with Crippen molar-refractivity contribution in [1.82, 2.24) is 9.62 Å². The highest BCUT2D eigenvalue weighted by molar-refractivity contribution is 7.89. The fourth-order valence-electron chi connectivity index (χ4n) is 2.86. The van der Waals surface area contributed by atoms with Crippen molar-refractivity contribution in [2.75, 3.05) is 13.6 Å². The van der Waals surface area contributed by atoms with Gasteiger partial charge in [-0.15, -0.1) is 0 Å². The van der Waals surface area contributed by atoms with Crippen molar-refractivity contribution in [1.29, 1.82) is 0 Å². The first-order valence-electron chi connectivity index (χ1n) is 7.26. The maximum Gasteiger partial charge on any atom is 0.243 e. The summed E-state index contributed by atoms with van der Waals surface area (Å²) in [6.07, 6.45) is 2.83. The van der Waals surface area contributed by atoms with Gasteiger partial charge in [0.2, 0.25) is 10.0 Å². The van der Waals surface area contributed by atoms with E-state index >= 15 is 0 Å². The molecule has 1 aliphatic rings. The summed E-state index contributed by atoms with van der Waals surface area (Å²) < 4.78 is 27.2. The summed E-state index contributed by atoms with van der Waals surface area (Å²) in [6.45, 7) is 5.40. The molecule has 1 N–H and O–H groups in total. The van der Waals surface area contributed by atoms with Gasteiger partial charge in [0.25, 0.3) is 0 Å². The molecular formula is C15H24N2O2S. The molecule has 2 rings (SSSR count). The fourth-order valence-corrected chi connectivity index (χ4v) is 4.68. The summed E-state index contributed by atoms with van der Waals surface area (Å²) in [6, 6.07) is 5.60. The van der Waals surface area contributed by atoms with E-state index in [1.807, 2.05) is 26.1 Å². The van der Waals surface area contributed by atoms with E-state index in [1.165, 1.54) is 0 Å². The van der Waals surface area contributed by atoms with Crippen LogP contribution in [0.5, 0.6) is 0 Å². The molecule has 0 aliphatic carbocycles. The van der Waals surface area contributed by atoms with E-state index in [-0.39, 0.29) is 6.04 Å². The van der Waals surface area contributed by atoms with Gasteiger partial charge in [-0.3, -0.25) is 0 Å². The van der Waals surface area contributed by atoms with Gasteiger partial charge >= 0.3 is 0 Å². The van der Waals surface area contributed by atoms with E-state index in [1.54, 1.807) is 10.4 Å². The fraction of sp³-hybridized carbons (Fsp3) is 0.600. The SMILES string of the molecule is CCC1CCCN1S(=O)(=O)c1ccc(C)c(CNC)c1. The van der Waals surface area contributed by atoms with E-state index in [2.05, 4.69) is 12.2 Å². The summed E-state index contributed by atoms with van der Waals surface area (Å²) in [4.78, 5) is 0.425. The quantitative estimate of drug-likeness (QED) is 0.907. The molecule has 5 heteroatoms. The molecule has 1 aliphatic heterocycles. The van der Waals surface area contributed by atoms with Crippen LogP contribution < -0.4 is 5.32 Å². The smallest absolute Gasteiger partial charge is 0.243 e. The van der Waals surface area contributed by atoms with Crippen molar-refractivity contribution < 1.29 is 8.42 Å². The minimum atomic E-state index is -3.35. The lowest BCUT2D eigenvalue weighted by Gasteiger charge is -2.23. The monoisotopic (exact) mass is 296 g/mol. The molecule has 0 aromatic heterocycles. The van der Waals surface area contributed by atoms with E-state index in [0.717, 1.165) is 30.4 Å². The average molecular weight is 296 g/mol. The third-order valence-corrected chi connectivity index (χ3v) is 6.04. The number of rotatable bonds is 5. The second kappa shape index (κ2) is 6.24. The van der Waals surface area contributed by atoms with Crippen LogP contribution in [0.4, 0.5) is 0 Å². The molecule has 1 atom stereocenters. The van der Waals surface area contributed by atoms with E-state index in [9.17, 15) is 8.42 Å². The number of hydrogen-bond acceptors (Lipinski definition) is 3. The zero-order valence-electron chi connectivity index (χ0n) is 12.5. The van der Waals surface area contributed by atoms with Crippen molar-refractivity contribution in [3.8, 4) is 0 Å². The lowest BCUT2D eigenvalue weighted by Crippen LogP contribution is -2.35. The van der Waals surface area contributed by atoms with Gasteiger partial charge in [0.15, 0.2) is 0 Å². The van der Waals surface area contributed by atoms with Crippen LogP contribution >= 0.6 is 0 Å². The normalized spacial score (nSPS) is 20.4. The lowest BCUT2D eigenvalue weighted by molar-refractivity contribution is 0.379. The zero-order valence-corrected chi connectivity index (χ0v) is 13.3. The average Bonchev–Trinajstić information content (AvgIpc) is 2.90. The third-order valence-electron chi connectivity index (χ3n) is 4.09. The van der Waals surface area contributed by atoms with Crippen LogP contribution in [0.1, 0.15) is 37.3 Å². The molecular weight excluding hydrogens is 272 g/mol. The molecule has 0 radical (unpaired) electrons. The van der Waals surface area contributed by atoms with E-state index in [0.29, 0.717) is 18.0 Å². The Morgan fingerprint density at radius 2 is 2.15 bits per heavy atom. The Hall–Kier alpha value is -0.910. The molecule has 112 valence electrons. The number of aryl methyl sites for hydroxylation is 1. The molecule has 0 bridgehead atoms. The van der Waals surface area contributed by atoms with Crippen molar-refractivity contribution in [2.45, 2.75) is 50.6 Å². The van der Waals surface area contributed by atoms with Gasteiger partial charge in [0.1, 0.15) is 0 Å². The van der Waals surface area contributed by atoms with Gasteiger partial charge in [-0.1, -0.05) is 13.0 Å². The van der Waals surface area contributed by atoms with Crippen LogP contribution in [-0.4, -0.2) is 32.4 Å². The molecule has 0 saturated carbocycles. The summed E-state index contributed by atoms with van der Waals surface area (Å²) in [5, 5.41) is 3.08. The third kappa shape index (κ3) is 2.90. The van der Waals surface area contributed by atoms with Crippen molar-refractivity contribution in [3.63, 3.8) is 0 Å². The molecule has 1 aromatic rings. The van der Waals surface area contributed by atoms with Crippen LogP contribution in [0.3, 0.4) is 0 Å². The Kier molecular flexibility index (Phi) is 4.83. The van der Waals surface area contributed by atoms with Gasteiger partial charge < -0.3 is 5.32 Å². The van der Waals surface area contributed by atoms with Gasteiger partial charge in [0, 0.05) is 19.1 Å². The standard InChI is InChI=1S/C15H24N2O2S/c1-4-14-6-5-9-17(14)20(18,19)15-8-7-12(2)13(10-15)11-16-3/h7-8,10,14,16H,4-6,9,11H2,1-3H3. The molecule has 1 fully saturated rings. The molecule has 1 aromatic carbocycles. The molecule has 20 heavy (non-hydrogen) atoms. The second-order valence-electron chi connectivity index (χ2n) is 5.44. The highest BCUT2D eigenvalue weighted by Gasteiger charge is 2.34. The first-order chi connectivity index (χ1) is 9.50. The van der Waals surface area contributed by atoms with Gasteiger partial charge in [-0.2, -0.15) is 4.31 Å². The Bertz CT molecular complexity index is 569. The molecule has 0 amide bonds. The number of benzene rings is 1. The maximum atomic E-state index is 12.8. The molecule has 1 unspecified atom stereocenters. The molecule has 4 nitrogen and oxygen atoms in total. The van der Waals surface area contributed by atoms with Crippen LogP contribution in [0, 0.1) is 6.92 Å². The van der Waals surface area contributed by atoms with Crippen molar-refractivity contribution in [2.24, 2.45) is 0 Å². The summed E-state index contributed by atoms with van der Waals surface area (Å²) >= 11 is 0. The predicted molar refractivity (Wildman–Crippen MR) is 81.1 cm³/mol. The predicted octanol–water partition coefficient (Wildman–Crippen LogP) is 2.28. The van der Waals surface area contributed by atoms with E-state index in [4.69, 9.17) is 0 Å². The molecule has 1 saturated heterocycles. The van der Waals surface area contributed by atoms with Gasteiger partial charge in [0.05, 0.1) is 4.90 Å². The lowest BCUT2D eigenvalue weighted by atomic mass is 10.1. The maximum absolute atomic E-state index is 12.8. The Labute approximate surface area is 122 Å². The Morgan fingerprint density at radius 3 is 2.80 bits per heavy atom. The Balaban J connectivity index is 2.36. The first-order valence-corrected chi connectivity index (χ1v) is 8.70. The minimum Gasteiger partial charge on any atom is -0.316 e. The van der Waals surface area contributed by atoms with Crippen LogP contribution in [0.25, 0.3) is 0 Å². The van der Waals surface area contributed by atoms with Crippen LogP contribution in [0.2, 0.25) is 0 Å². The highest BCUT2D eigenvalue weighted by Crippen LogP contribution is 2.28. The zero-order chi connectivity index (χ0) is 14.8. The van der Waals surface area contributed by atoms with E-state index < -0.39 is 10.0 Å². The van der Waals surface area contributed by atoms with Crippen LogP contribution in [0.15, 0.2) is 23.1 Å². The summed E-state index contributed by atoms with van der Waals surface area (Å²) in [5.41, 5.74) is 2.16. The number of nitrogens with zero attached hydrogens (tertiary/aromatic N) is 1. The molecule has 0 spiro atoms. The largest absolute Gasteiger partial charge is 0.316 e. The van der Waals surface area contributed by atoms with Gasteiger partial charge in [-0.05, 0) is 56.5 Å². The van der Waals surface area contributed by atoms with Gasteiger partial charge in [-0.25, -0.2) is 8.42 Å².